The average molecular weight is 309 g/mol. The van der Waals surface area contributed by atoms with Gasteiger partial charge in [-0.1, -0.05) is 0 Å². The van der Waals surface area contributed by atoms with Crippen LogP contribution in [-0.2, 0) is 4.79 Å². The van der Waals surface area contributed by atoms with Crippen molar-refractivity contribution in [3.05, 3.63) is 27.6 Å². The summed E-state index contributed by atoms with van der Waals surface area (Å²) in [6.45, 7) is 0.229. The molecule has 0 unspecified atom stereocenters. The molecule has 1 aromatic carbocycles. The van der Waals surface area contributed by atoms with Gasteiger partial charge in [-0.25, -0.2) is 4.39 Å². The number of carboxylic acids is 1. The molecule has 0 bridgehead atoms. The highest BCUT2D eigenvalue weighted by molar-refractivity contribution is 14.1. The Bertz CT molecular complexity index is 344. The van der Waals surface area contributed by atoms with Gasteiger partial charge in [0.25, 0.3) is 0 Å². The maximum Gasteiger partial charge on any atom is 0.305 e. The van der Waals surface area contributed by atoms with E-state index in [1.807, 2.05) is 22.6 Å². The van der Waals surface area contributed by atoms with Gasteiger partial charge in [0.05, 0.1) is 12.1 Å². The first-order chi connectivity index (χ1) is 6.59. The summed E-state index contributed by atoms with van der Waals surface area (Å²) in [5.41, 5.74) is 0.340. The van der Waals surface area contributed by atoms with Gasteiger partial charge in [0.15, 0.2) is 0 Å². The Hall–Kier alpha value is -0.850. The highest BCUT2D eigenvalue weighted by Gasteiger charge is 2.02. The molecule has 0 spiro atoms. The van der Waals surface area contributed by atoms with E-state index in [0.717, 1.165) is 3.57 Å². The number of nitrogens with one attached hydrogen (secondary N) is 1. The van der Waals surface area contributed by atoms with Crippen LogP contribution in [0.5, 0.6) is 0 Å². The van der Waals surface area contributed by atoms with Crippen molar-refractivity contribution in [1.82, 2.24) is 0 Å². The molecule has 0 amide bonds. The third-order valence-corrected chi connectivity index (χ3v) is 2.26. The van der Waals surface area contributed by atoms with E-state index < -0.39 is 5.97 Å². The number of anilines is 1. The van der Waals surface area contributed by atoms with Gasteiger partial charge in [-0.3, -0.25) is 4.79 Å². The molecule has 0 heterocycles. The van der Waals surface area contributed by atoms with Crippen LogP contribution < -0.4 is 5.32 Å². The molecule has 0 aromatic heterocycles. The lowest BCUT2D eigenvalue weighted by Gasteiger charge is -2.05. The number of aliphatic carboxylic acids is 1. The molecule has 0 aliphatic carbocycles. The van der Waals surface area contributed by atoms with Gasteiger partial charge >= 0.3 is 5.97 Å². The van der Waals surface area contributed by atoms with Gasteiger partial charge in [0, 0.05) is 10.1 Å². The lowest BCUT2D eigenvalue weighted by Crippen LogP contribution is -2.08. The van der Waals surface area contributed by atoms with Gasteiger partial charge in [-0.15, -0.1) is 0 Å². The van der Waals surface area contributed by atoms with Crippen LogP contribution in [0.4, 0.5) is 10.1 Å². The number of carboxylic acid groups (broad SMARTS) is 1. The summed E-state index contributed by atoms with van der Waals surface area (Å²) in [4.78, 5) is 10.2. The predicted molar refractivity (Wildman–Crippen MR) is 59.9 cm³/mol. The lowest BCUT2D eigenvalue weighted by atomic mass is 10.3. The van der Waals surface area contributed by atoms with Crippen molar-refractivity contribution in [3.8, 4) is 0 Å². The minimum absolute atomic E-state index is 0.0224. The van der Waals surface area contributed by atoms with Crippen molar-refractivity contribution < 1.29 is 14.3 Å². The topological polar surface area (TPSA) is 49.3 Å². The molecule has 0 fully saturated rings. The van der Waals surface area contributed by atoms with Gasteiger partial charge in [-0.2, -0.15) is 0 Å². The Morgan fingerprint density at radius 3 is 2.86 bits per heavy atom. The highest BCUT2D eigenvalue weighted by Crippen LogP contribution is 2.16. The fourth-order valence-corrected chi connectivity index (χ4v) is 1.39. The van der Waals surface area contributed by atoms with E-state index in [0.29, 0.717) is 5.69 Å². The Morgan fingerprint density at radius 1 is 1.57 bits per heavy atom. The zero-order valence-corrected chi connectivity index (χ0v) is 9.42. The first-order valence-electron chi connectivity index (χ1n) is 4.00. The summed E-state index contributed by atoms with van der Waals surface area (Å²) in [5.74, 6) is -1.26. The second kappa shape index (κ2) is 5.14. The monoisotopic (exact) mass is 309 g/mol. The summed E-state index contributed by atoms with van der Waals surface area (Å²) < 4.78 is 14.0. The molecule has 0 saturated heterocycles. The van der Waals surface area contributed by atoms with Crippen LogP contribution in [0.25, 0.3) is 0 Å². The summed E-state index contributed by atoms with van der Waals surface area (Å²) >= 11 is 2.01. The maximum atomic E-state index is 13.2. The smallest absolute Gasteiger partial charge is 0.305 e. The van der Waals surface area contributed by atoms with Crippen LogP contribution >= 0.6 is 22.6 Å². The molecule has 76 valence electrons. The molecule has 1 rings (SSSR count). The van der Waals surface area contributed by atoms with Gasteiger partial charge in [0.2, 0.25) is 0 Å². The Balaban J connectivity index is 2.55. The van der Waals surface area contributed by atoms with Crippen LogP contribution in [0.2, 0.25) is 0 Å². The second-order valence-corrected chi connectivity index (χ2v) is 3.94. The molecule has 14 heavy (non-hydrogen) atoms. The van der Waals surface area contributed by atoms with Crippen molar-refractivity contribution in [2.45, 2.75) is 6.42 Å². The SMILES string of the molecule is O=C(O)CCNc1ccc(I)cc1F. The minimum Gasteiger partial charge on any atom is -0.481 e. The fraction of sp³-hybridized carbons (Fsp3) is 0.222. The second-order valence-electron chi connectivity index (χ2n) is 2.69. The third-order valence-electron chi connectivity index (χ3n) is 1.59. The molecule has 0 aliphatic rings. The minimum atomic E-state index is -0.900. The third kappa shape index (κ3) is 3.49. The largest absolute Gasteiger partial charge is 0.481 e. The van der Waals surface area contributed by atoms with Gasteiger partial charge < -0.3 is 10.4 Å². The van der Waals surface area contributed by atoms with Crippen LogP contribution in [0.15, 0.2) is 18.2 Å². The Labute approximate surface area is 94.5 Å². The van der Waals surface area contributed by atoms with E-state index >= 15 is 0 Å². The molecular weight excluding hydrogens is 300 g/mol. The van der Waals surface area contributed by atoms with E-state index in [2.05, 4.69) is 5.32 Å². The molecule has 2 N–H and O–H groups in total. The molecule has 5 heteroatoms. The zero-order chi connectivity index (χ0) is 10.6. The van der Waals surface area contributed by atoms with Crippen LogP contribution in [0.3, 0.4) is 0 Å². The van der Waals surface area contributed by atoms with E-state index in [1.165, 1.54) is 6.07 Å². The van der Waals surface area contributed by atoms with Gasteiger partial charge in [-0.05, 0) is 40.8 Å². The summed E-state index contributed by atoms with van der Waals surface area (Å²) in [6, 6.07) is 4.75. The van der Waals surface area contributed by atoms with Crippen molar-refractivity contribution in [2.75, 3.05) is 11.9 Å². The van der Waals surface area contributed by atoms with Gasteiger partial charge in [0.1, 0.15) is 5.82 Å². The quantitative estimate of drug-likeness (QED) is 0.839. The highest BCUT2D eigenvalue weighted by atomic mass is 127. The molecule has 0 aliphatic heterocycles. The number of hydrogen-bond donors (Lipinski definition) is 2. The Morgan fingerprint density at radius 2 is 2.29 bits per heavy atom. The first kappa shape index (κ1) is 11.2. The lowest BCUT2D eigenvalue weighted by molar-refractivity contribution is -0.136. The summed E-state index contributed by atoms with van der Waals surface area (Å²) in [7, 11) is 0. The molecule has 3 nitrogen and oxygen atoms in total. The number of halogens is 2. The van der Waals surface area contributed by atoms with Crippen LogP contribution in [0, 0.1) is 9.39 Å². The van der Waals surface area contributed by atoms with Crippen molar-refractivity contribution in [3.63, 3.8) is 0 Å². The first-order valence-corrected chi connectivity index (χ1v) is 5.08. The van der Waals surface area contributed by atoms with Crippen molar-refractivity contribution in [2.24, 2.45) is 0 Å². The van der Waals surface area contributed by atoms with Crippen molar-refractivity contribution >= 4 is 34.2 Å². The van der Waals surface area contributed by atoms with Crippen molar-refractivity contribution in [1.29, 1.82) is 0 Å². The summed E-state index contributed by atoms with van der Waals surface area (Å²) in [5, 5.41) is 11.1. The summed E-state index contributed by atoms with van der Waals surface area (Å²) in [6.07, 6.45) is -0.0224. The number of carbonyl (C=O) groups is 1. The maximum absolute atomic E-state index is 13.2. The Kier molecular flexibility index (Phi) is 4.12. The molecule has 1 aromatic rings. The average Bonchev–Trinajstić information content (AvgIpc) is 2.08. The number of benzene rings is 1. The van der Waals surface area contributed by atoms with E-state index in [9.17, 15) is 9.18 Å². The predicted octanol–water partition coefficient (Wildman–Crippen LogP) is 2.32. The normalized spacial score (nSPS) is 9.86. The molecule has 0 saturated carbocycles. The standard InChI is InChI=1S/C9H9FINO2/c10-7-5-6(11)1-2-8(7)12-4-3-9(13)14/h1-2,5,12H,3-4H2,(H,13,14). The molecular formula is C9H9FINO2. The zero-order valence-electron chi connectivity index (χ0n) is 7.26. The number of rotatable bonds is 4. The van der Waals surface area contributed by atoms with E-state index in [4.69, 9.17) is 5.11 Å². The van der Waals surface area contributed by atoms with E-state index in [1.54, 1.807) is 12.1 Å². The molecule has 0 atom stereocenters. The molecule has 0 radical (unpaired) electrons. The van der Waals surface area contributed by atoms with Crippen LogP contribution in [0.1, 0.15) is 6.42 Å². The number of hydrogen-bond acceptors (Lipinski definition) is 2. The van der Waals surface area contributed by atoms with E-state index in [-0.39, 0.29) is 18.8 Å². The fourth-order valence-electron chi connectivity index (χ4n) is 0.937. The van der Waals surface area contributed by atoms with Crippen LogP contribution in [-0.4, -0.2) is 17.6 Å².